The van der Waals surface area contributed by atoms with Gasteiger partial charge in [0.1, 0.15) is 5.82 Å². The third-order valence-corrected chi connectivity index (χ3v) is 2.69. The molecule has 0 amide bonds. The third-order valence-electron chi connectivity index (χ3n) is 2.69. The van der Waals surface area contributed by atoms with Crippen LogP contribution >= 0.6 is 0 Å². The Hall–Kier alpha value is -1.75. The number of hydrogen-bond acceptors (Lipinski definition) is 3. The van der Waals surface area contributed by atoms with Gasteiger partial charge in [-0.15, -0.1) is 0 Å². The molecule has 96 valence electrons. The zero-order valence-corrected chi connectivity index (χ0v) is 10.6. The molecule has 18 heavy (non-hydrogen) atoms. The van der Waals surface area contributed by atoms with Crippen LogP contribution in [0.5, 0.6) is 0 Å². The van der Waals surface area contributed by atoms with E-state index in [9.17, 15) is 4.39 Å². The molecule has 4 nitrogen and oxygen atoms in total. The molecule has 2 aromatic rings. The quantitative estimate of drug-likeness (QED) is 0.880. The van der Waals surface area contributed by atoms with Gasteiger partial charge in [-0.1, -0.05) is 6.92 Å². The maximum atomic E-state index is 13.8. The molecule has 5 heteroatoms. The minimum absolute atomic E-state index is 0.299. The minimum atomic E-state index is -0.309. The summed E-state index contributed by atoms with van der Waals surface area (Å²) in [5, 5.41) is 7.61. The first kappa shape index (κ1) is 12.7. The second kappa shape index (κ2) is 5.73. The van der Waals surface area contributed by atoms with E-state index >= 15 is 0 Å². The highest BCUT2D eigenvalue weighted by molar-refractivity contribution is 5.22. The lowest BCUT2D eigenvalue weighted by Gasteiger charge is -2.16. The SMILES string of the molecule is CCCNC(c1ccn(C)n1)c1ncccc1F. The fraction of sp³-hybridized carbons (Fsp3) is 0.385. The number of pyridine rings is 1. The number of hydrogen-bond donors (Lipinski definition) is 1. The van der Waals surface area contributed by atoms with Crippen molar-refractivity contribution >= 4 is 0 Å². The molecule has 0 aliphatic carbocycles. The van der Waals surface area contributed by atoms with Crippen LogP contribution in [0, 0.1) is 5.82 Å². The Kier molecular flexibility index (Phi) is 4.04. The first-order valence-electron chi connectivity index (χ1n) is 6.05. The molecule has 0 saturated heterocycles. The van der Waals surface area contributed by atoms with E-state index in [2.05, 4.69) is 22.3 Å². The van der Waals surface area contributed by atoms with Crippen LogP contribution in [0.4, 0.5) is 4.39 Å². The van der Waals surface area contributed by atoms with Crippen molar-refractivity contribution in [3.63, 3.8) is 0 Å². The normalized spacial score (nSPS) is 12.6. The Balaban J connectivity index is 2.33. The van der Waals surface area contributed by atoms with E-state index in [4.69, 9.17) is 0 Å². The number of aromatic nitrogens is 3. The summed E-state index contributed by atoms with van der Waals surface area (Å²) in [5.41, 5.74) is 1.17. The Labute approximate surface area is 106 Å². The van der Waals surface area contributed by atoms with Crippen LogP contribution in [0.3, 0.4) is 0 Å². The van der Waals surface area contributed by atoms with Gasteiger partial charge >= 0.3 is 0 Å². The number of halogens is 1. The van der Waals surface area contributed by atoms with E-state index in [1.807, 2.05) is 19.3 Å². The number of nitrogens with one attached hydrogen (secondary N) is 1. The average Bonchev–Trinajstić information content (AvgIpc) is 2.78. The van der Waals surface area contributed by atoms with E-state index in [1.165, 1.54) is 6.07 Å². The van der Waals surface area contributed by atoms with Gasteiger partial charge in [-0.2, -0.15) is 5.10 Å². The summed E-state index contributed by atoms with van der Waals surface area (Å²) in [6, 6.07) is 4.59. The fourth-order valence-corrected chi connectivity index (χ4v) is 1.83. The van der Waals surface area contributed by atoms with E-state index < -0.39 is 0 Å². The van der Waals surface area contributed by atoms with Crippen LogP contribution in [0.2, 0.25) is 0 Å². The molecule has 2 aromatic heterocycles. The molecule has 0 saturated carbocycles. The summed E-state index contributed by atoms with van der Waals surface area (Å²) in [4.78, 5) is 4.13. The van der Waals surface area contributed by atoms with Gasteiger partial charge in [0.2, 0.25) is 0 Å². The van der Waals surface area contributed by atoms with Gasteiger partial charge in [-0.3, -0.25) is 9.67 Å². The van der Waals surface area contributed by atoms with E-state index in [0.717, 1.165) is 18.7 Å². The molecule has 0 bridgehead atoms. The van der Waals surface area contributed by atoms with Crippen molar-refractivity contribution in [3.05, 3.63) is 47.8 Å². The van der Waals surface area contributed by atoms with Crippen molar-refractivity contribution in [2.45, 2.75) is 19.4 Å². The van der Waals surface area contributed by atoms with Crippen LogP contribution in [0.15, 0.2) is 30.6 Å². The van der Waals surface area contributed by atoms with E-state index in [1.54, 1.807) is 16.9 Å². The molecule has 0 spiro atoms. The largest absolute Gasteiger partial charge is 0.304 e. The monoisotopic (exact) mass is 248 g/mol. The van der Waals surface area contributed by atoms with Crippen molar-refractivity contribution in [1.29, 1.82) is 0 Å². The van der Waals surface area contributed by atoms with Gasteiger partial charge in [-0.05, 0) is 31.2 Å². The Morgan fingerprint density at radius 3 is 2.89 bits per heavy atom. The molecule has 0 fully saturated rings. The van der Waals surface area contributed by atoms with E-state index in [0.29, 0.717) is 5.69 Å². The maximum absolute atomic E-state index is 13.8. The van der Waals surface area contributed by atoms with E-state index in [-0.39, 0.29) is 11.9 Å². The summed E-state index contributed by atoms with van der Waals surface area (Å²) in [5.74, 6) is -0.309. The number of nitrogens with zero attached hydrogens (tertiary/aromatic N) is 3. The molecule has 0 aliphatic rings. The lowest BCUT2D eigenvalue weighted by Crippen LogP contribution is -2.25. The van der Waals surface area contributed by atoms with Crippen LogP contribution in [0.1, 0.15) is 30.8 Å². The highest BCUT2D eigenvalue weighted by Crippen LogP contribution is 2.20. The summed E-state index contributed by atoms with van der Waals surface area (Å²) in [6.07, 6.45) is 4.41. The molecule has 1 N–H and O–H groups in total. The Bertz CT molecular complexity index is 509. The Morgan fingerprint density at radius 2 is 2.28 bits per heavy atom. The van der Waals surface area contributed by atoms with Crippen LogP contribution in [-0.4, -0.2) is 21.3 Å². The standard InChI is InChI=1S/C13H17FN4/c1-3-7-15-13(11-6-9-18(2)17-11)12-10(14)5-4-8-16-12/h4-6,8-9,13,15H,3,7H2,1-2H3. The van der Waals surface area contributed by atoms with Crippen molar-refractivity contribution in [2.75, 3.05) is 6.54 Å². The van der Waals surface area contributed by atoms with Crippen molar-refractivity contribution < 1.29 is 4.39 Å². The first-order chi connectivity index (χ1) is 8.72. The molecule has 1 atom stereocenters. The molecular formula is C13H17FN4. The molecule has 2 rings (SSSR count). The number of rotatable bonds is 5. The summed E-state index contributed by atoms with van der Waals surface area (Å²) < 4.78 is 15.5. The van der Waals surface area contributed by atoms with Crippen molar-refractivity contribution in [3.8, 4) is 0 Å². The topological polar surface area (TPSA) is 42.7 Å². The summed E-state index contributed by atoms with van der Waals surface area (Å²) in [7, 11) is 1.84. The molecule has 0 radical (unpaired) electrons. The predicted molar refractivity (Wildman–Crippen MR) is 67.5 cm³/mol. The number of aryl methyl sites for hydroxylation is 1. The molecule has 2 heterocycles. The smallest absolute Gasteiger partial charge is 0.146 e. The molecule has 0 aromatic carbocycles. The van der Waals surface area contributed by atoms with Gasteiger partial charge in [0.25, 0.3) is 0 Å². The fourth-order valence-electron chi connectivity index (χ4n) is 1.83. The zero-order chi connectivity index (χ0) is 13.0. The summed E-state index contributed by atoms with van der Waals surface area (Å²) >= 11 is 0. The van der Waals surface area contributed by atoms with Gasteiger partial charge in [-0.25, -0.2) is 4.39 Å². The van der Waals surface area contributed by atoms with Gasteiger partial charge < -0.3 is 5.32 Å². The predicted octanol–water partition coefficient (Wildman–Crippen LogP) is 2.04. The molecular weight excluding hydrogens is 231 g/mol. The minimum Gasteiger partial charge on any atom is -0.304 e. The lowest BCUT2D eigenvalue weighted by molar-refractivity contribution is 0.519. The van der Waals surface area contributed by atoms with Gasteiger partial charge in [0, 0.05) is 19.4 Å². The maximum Gasteiger partial charge on any atom is 0.146 e. The van der Waals surface area contributed by atoms with Gasteiger partial charge in [0.05, 0.1) is 17.4 Å². The summed E-state index contributed by atoms with van der Waals surface area (Å²) in [6.45, 7) is 2.86. The molecule has 0 aliphatic heterocycles. The third kappa shape index (κ3) is 2.73. The molecule has 1 unspecified atom stereocenters. The lowest BCUT2D eigenvalue weighted by atomic mass is 10.1. The van der Waals surface area contributed by atoms with Crippen LogP contribution in [-0.2, 0) is 7.05 Å². The van der Waals surface area contributed by atoms with Gasteiger partial charge in [0.15, 0.2) is 0 Å². The first-order valence-corrected chi connectivity index (χ1v) is 6.05. The van der Waals surface area contributed by atoms with Crippen LogP contribution < -0.4 is 5.32 Å². The van der Waals surface area contributed by atoms with Crippen molar-refractivity contribution in [1.82, 2.24) is 20.1 Å². The highest BCUT2D eigenvalue weighted by atomic mass is 19.1. The second-order valence-electron chi connectivity index (χ2n) is 4.17. The van der Waals surface area contributed by atoms with Crippen molar-refractivity contribution in [2.24, 2.45) is 7.05 Å². The Morgan fingerprint density at radius 1 is 1.44 bits per heavy atom. The second-order valence-corrected chi connectivity index (χ2v) is 4.17. The average molecular weight is 248 g/mol. The zero-order valence-electron chi connectivity index (χ0n) is 10.6. The van der Waals surface area contributed by atoms with Crippen LogP contribution in [0.25, 0.3) is 0 Å². The highest BCUT2D eigenvalue weighted by Gasteiger charge is 2.20.